The summed E-state index contributed by atoms with van der Waals surface area (Å²) in [7, 11) is 0. The molecular weight excluding hydrogens is 508 g/mol. The van der Waals surface area contributed by atoms with Gasteiger partial charge >= 0.3 is 0 Å². The number of hydrogen-bond donors (Lipinski definition) is 2. The van der Waals surface area contributed by atoms with E-state index in [4.69, 9.17) is 9.47 Å². The van der Waals surface area contributed by atoms with Crippen molar-refractivity contribution in [3.8, 4) is 28.8 Å². The van der Waals surface area contributed by atoms with Gasteiger partial charge in [0.05, 0.1) is 12.3 Å². The topological polar surface area (TPSA) is 117 Å². The number of hydrogen-bond acceptors (Lipinski definition) is 7. The fourth-order valence-electron chi connectivity index (χ4n) is 2.92. The SMILES string of the molecule is CCOc1cc(-c2nc(SC)[nH]c(=O)c2C#N)c(Br)cc1OCC(=O)Nc1ccc(C)cc1. The number of benzene rings is 2. The van der Waals surface area contributed by atoms with Crippen LogP contribution in [0.5, 0.6) is 11.5 Å². The summed E-state index contributed by atoms with van der Waals surface area (Å²) in [6.07, 6.45) is 1.77. The highest BCUT2D eigenvalue weighted by molar-refractivity contribution is 9.10. The zero-order valence-corrected chi connectivity index (χ0v) is 20.6. The molecule has 0 saturated heterocycles. The number of carbonyl (C=O) groups excluding carboxylic acids is 1. The van der Waals surface area contributed by atoms with Gasteiger partial charge in [0, 0.05) is 15.7 Å². The van der Waals surface area contributed by atoms with E-state index in [0.717, 1.165) is 5.56 Å². The Morgan fingerprint density at radius 2 is 1.94 bits per heavy atom. The van der Waals surface area contributed by atoms with Crippen LogP contribution in [0, 0.1) is 18.3 Å². The molecule has 0 bridgehead atoms. The van der Waals surface area contributed by atoms with Gasteiger partial charge in [0.15, 0.2) is 23.3 Å². The number of amides is 1. The Labute approximate surface area is 203 Å². The normalized spacial score (nSPS) is 10.4. The zero-order chi connectivity index (χ0) is 24.0. The van der Waals surface area contributed by atoms with Crippen molar-refractivity contribution < 1.29 is 14.3 Å². The second kappa shape index (κ2) is 11.0. The van der Waals surface area contributed by atoms with Crippen LogP contribution in [0.3, 0.4) is 0 Å². The Morgan fingerprint density at radius 3 is 2.58 bits per heavy atom. The Kier molecular flexibility index (Phi) is 8.14. The first kappa shape index (κ1) is 24.4. The van der Waals surface area contributed by atoms with Gasteiger partial charge in [-0.25, -0.2) is 4.98 Å². The Balaban J connectivity index is 1.90. The Bertz CT molecular complexity index is 1270. The van der Waals surface area contributed by atoms with Crippen LogP contribution in [0.15, 0.2) is 50.8 Å². The standard InChI is InChI=1S/C23H21BrN4O4S/c1-4-31-18-9-15(21-16(11-25)22(30)28-23(27-21)33-3)17(24)10-19(18)32-12-20(29)26-14-7-5-13(2)6-8-14/h5-10H,4,12H2,1-3H3,(H,26,29)(H,27,28,30). The van der Waals surface area contributed by atoms with E-state index in [9.17, 15) is 14.9 Å². The summed E-state index contributed by atoms with van der Waals surface area (Å²) in [4.78, 5) is 31.6. The largest absolute Gasteiger partial charge is 0.490 e. The van der Waals surface area contributed by atoms with Crippen molar-refractivity contribution >= 4 is 39.3 Å². The molecule has 0 atom stereocenters. The number of anilines is 1. The van der Waals surface area contributed by atoms with Crippen LogP contribution in [0.2, 0.25) is 0 Å². The summed E-state index contributed by atoms with van der Waals surface area (Å²) < 4.78 is 11.9. The van der Waals surface area contributed by atoms with Crippen molar-refractivity contribution in [1.82, 2.24) is 9.97 Å². The van der Waals surface area contributed by atoms with Crippen molar-refractivity contribution in [1.29, 1.82) is 5.26 Å². The molecule has 33 heavy (non-hydrogen) atoms. The first-order valence-corrected chi connectivity index (χ1v) is 11.9. The van der Waals surface area contributed by atoms with E-state index in [-0.39, 0.29) is 23.8 Å². The molecule has 2 N–H and O–H groups in total. The van der Waals surface area contributed by atoms with Crippen LogP contribution in [-0.4, -0.2) is 35.3 Å². The van der Waals surface area contributed by atoms with Gasteiger partial charge in [0.25, 0.3) is 11.5 Å². The van der Waals surface area contributed by atoms with Crippen LogP contribution in [0.25, 0.3) is 11.3 Å². The fourth-order valence-corrected chi connectivity index (χ4v) is 3.81. The van der Waals surface area contributed by atoms with Crippen LogP contribution in [0.1, 0.15) is 18.1 Å². The minimum atomic E-state index is -0.523. The molecule has 0 unspecified atom stereocenters. The highest BCUT2D eigenvalue weighted by Crippen LogP contribution is 2.39. The molecule has 0 aliphatic rings. The number of aromatic nitrogens is 2. The number of thioether (sulfide) groups is 1. The number of halogens is 1. The van der Waals surface area contributed by atoms with Crippen LogP contribution in [0.4, 0.5) is 5.69 Å². The lowest BCUT2D eigenvalue weighted by Crippen LogP contribution is -2.20. The maximum absolute atomic E-state index is 12.3. The molecule has 8 nitrogen and oxygen atoms in total. The van der Waals surface area contributed by atoms with E-state index >= 15 is 0 Å². The van der Waals surface area contributed by atoms with Gasteiger partial charge in [0.2, 0.25) is 0 Å². The molecule has 170 valence electrons. The predicted octanol–water partition coefficient (Wildman–Crippen LogP) is 4.52. The van der Waals surface area contributed by atoms with E-state index in [1.807, 2.05) is 44.2 Å². The summed E-state index contributed by atoms with van der Waals surface area (Å²) in [5.41, 5.74) is 1.85. The van der Waals surface area contributed by atoms with Gasteiger partial charge < -0.3 is 19.8 Å². The summed E-state index contributed by atoms with van der Waals surface area (Å²) in [5.74, 6) is 0.365. The van der Waals surface area contributed by atoms with E-state index in [0.29, 0.717) is 39.0 Å². The second-order valence-electron chi connectivity index (χ2n) is 6.83. The minimum Gasteiger partial charge on any atom is -0.490 e. The average Bonchev–Trinajstić information content (AvgIpc) is 2.80. The van der Waals surface area contributed by atoms with Gasteiger partial charge in [-0.2, -0.15) is 5.26 Å². The quantitative estimate of drug-likeness (QED) is 0.326. The number of aryl methyl sites for hydroxylation is 1. The molecule has 0 aliphatic carbocycles. The molecule has 3 aromatic rings. The molecule has 0 fully saturated rings. The first-order chi connectivity index (χ1) is 15.9. The maximum Gasteiger partial charge on any atom is 0.270 e. The number of nitrogens with zero attached hydrogens (tertiary/aromatic N) is 2. The summed E-state index contributed by atoms with van der Waals surface area (Å²) in [6, 6.07) is 12.6. The molecule has 2 aromatic carbocycles. The number of nitrogens with one attached hydrogen (secondary N) is 2. The third-order valence-electron chi connectivity index (χ3n) is 4.49. The van der Waals surface area contributed by atoms with Crippen LogP contribution < -0.4 is 20.3 Å². The van der Waals surface area contributed by atoms with Crippen molar-refractivity contribution in [2.75, 3.05) is 24.8 Å². The lowest BCUT2D eigenvalue weighted by molar-refractivity contribution is -0.118. The number of carbonyl (C=O) groups is 1. The average molecular weight is 529 g/mol. The van der Waals surface area contributed by atoms with E-state index in [1.54, 1.807) is 18.4 Å². The number of nitriles is 1. The van der Waals surface area contributed by atoms with E-state index in [1.165, 1.54) is 11.8 Å². The number of H-pyrrole nitrogens is 1. The molecular formula is C23H21BrN4O4S. The van der Waals surface area contributed by atoms with Gasteiger partial charge in [0.1, 0.15) is 11.6 Å². The van der Waals surface area contributed by atoms with Crippen LogP contribution >= 0.6 is 27.7 Å². The lowest BCUT2D eigenvalue weighted by atomic mass is 10.1. The third-order valence-corrected chi connectivity index (χ3v) is 5.72. The molecule has 10 heteroatoms. The van der Waals surface area contributed by atoms with Gasteiger partial charge in [-0.15, -0.1) is 0 Å². The Hall–Kier alpha value is -3.29. The molecule has 0 saturated carbocycles. The Morgan fingerprint density at radius 1 is 1.24 bits per heavy atom. The monoisotopic (exact) mass is 528 g/mol. The number of ether oxygens (including phenoxy) is 2. The molecule has 0 spiro atoms. The molecule has 0 radical (unpaired) electrons. The fraction of sp³-hybridized carbons (Fsp3) is 0.217. The predicted molar refractivity (Wildman–Crippen MR) is 131 cm³/mol. The number of aromatic amines is 1. The van der Waals surface area contributed by atoms with Crippen molar-refractivity contribution in [3.63, 3.8) is 0 Å². The van der Waals surface area contributed by atoms with Crippen molar-refractivity contribution in [3.05, 3.63) is 62.4 Å². The number of rotatable bonds is 8. The third kappa shape index (κ3) is 5.94. The second-order valence-corrected chi connectivity index (χ2v) is 8.47. The van der Waals surface area contributed by atoms with Gasteiger partial charge in [-0.3, -0.25) is 9.59 Å². The zero-order valence-electron chi connectivity index (χ0n) is 18.2. The van der Waals surface area contributed by atoms with Gasteiger partial charge in [-0.1, -0.05) is 29.5 Å². The van der Waals surface area contributed by atoms with E-state index in [2.05, 4.69) is 31.2 Å². The summed E-state index contributed by atoms with van der Waals surface area (Å²) in [6.45, 7) is 3.89. The smallest absolute Gasteiger partial charge is 0.270 e. The van der Waals surface area contributed by atoms with Crippen molar-refractivity contribution in [2.24, 2.45) is 0 Å². The first-order valence-electron chi connectivity index (χ1n) is 9.90. The molecule has 1 aromatic heterocycles. The summed E-state index contributed by atoms with van der Waals surface area (Å²) in [5, 5.41) is 12.6. The van der Waals surface area contributed by atoms with Gasteiger partial charge in [-0.05, 0) is 60.3 Å². The minimum absolute atomic E-state index is 0.109. The molecule has 1 amide bonds. The summed E-state index contributed by atoms with van der Waals surface area (Å²) >= 11 is 4.72. The van der Waals surface area contributed by atoms with Crippen LogP contribution in [-0.2, 0) is 4.79 Å². The molecule has 3 rings (SSSR count). The van der Waals surface area contributed by atoms with Crippen molar-refractivity contribution in [2.45, 2.75) is 19.0 Å². The van der Waals surface area contributed by atoms with E-state index < -0.39 is 5.56 Å². The lowest BCUT2D eigenvalue weighted by Gasteiger charge is -2.15. The highest BCUT2D eigenvalue weighted by atomic mass is 79.9. The molecule has 0 aliphatic heterocycles. The molecule has 1 heterocycles. The maximum atomic E-state index is 12.3. The highest BCUT2D eigenvalue weighted by Gasteiger charge is 2.19.